The lowest BCUT2D eigenvalue weighted by atomic mass is 9.69. The second-order valence-corrected chi connectivity index (χ2v) is 10.6. The van der Waals surface area contributed by atoms with Gasteiger partial charge in [0.25, 0.3) is 5.91 Å². The molecular formula is C32H35N3O4. The van der Waals surface area contributed by atoms with Crippen LogP contribution in [0.5, 0.6) is 5.75 Å². The van der Waals surface area contributed by atoms with Gasteiger partial charge in [0.2, 0.25) is 0 Å². The van der Waals surface area contributed by atoms with Crippen LogP contribution < -0.4 is 10.1 Å². The number of nitrogens with one attached hydrogen (secondary N) is 1. The van der Waals surface area contributed by atoms with Gasteiger partial charge in [-0.25, -0.2) is 4.98 Å². The van der Waals surface area contributed by atoms with Gasteiger partial charge in [-0.15, -0.1) is 0 Å². The Labute approximate surface area is 228 Å². The molecule has 1 aliphatic carbocycles. The quantitative estimate of drug-likeness (QED) is 0.287. The molecule has 1 unspecified atom stereocenters. The monoisotopic (exact) mass is 525 g/mol. The summed E-state index contributed by atoms with van der Waals surface area (Å²) in [6.45, 7) is 0.550. The van der Waals surface area contributed by atoms with Crippen molar-refractivity contribution in [1.29, 1.82) is 0 Å². The number of rotatable bonds is 10. The molecule has 1 fully saturated rings. The molecule has 2 aromatic heterocycles. The molecule has 0 bridgehead atoms. The molecule has 4 aromatic rings. The molecule has 1 amide bonds. The van der Waals surface area contributed by atoms with Crippen LogP contribution in [0, 0.1) is 5.92 Å². The Balaban J connectivity index is 1.34. The summed E-state index contributed by atoms with van der Waals surface area (Å²) in [6, 6.07) is 23.3. The molecule has 2 aromatic carbocycles. The van der Waals surface area contributed by atoms with Gasteiger partial charge in [-0.1, -0.05) is 67.8 Å². The van der Waals surface area contributed by atoms with Crippen LogP contribution in [0.2, 0.25) is 0 Å². The first-order valence-electron chi connectivity index (χ1n) is 13.6. The van der Waals surface area contributed by atoms with E-state index >= 15 is 0 Å². The SMILES string of the molecule is COc1ccc(C2(CNC(=O)c3cccc4nc(CC(Cc5ccccc5)C(=O)O)cn34)CCCCC2)cc1. The minimum atomic E-state index is -0.856. The first-order valence-corrected chi connectivity index (χ1v) is 13.6. The number of ether oxygens (including phenoxy) is 1. The minimum Gasteiger partial charge on any atom is -0.497 e. The number of nitrogens with zero attached hydrogens (tertiary/aromatic N) is 2. The van der Waals surface area contributed by atoms with E-state index in [-0.39, 0.29) is 17.7 Å². The Hall–Kier alpha value is -4.13. The third-order valence-electron chi connectivity index (χ3n) is 8.00. The lowest BCUT2D eigenvalue weighted by Gasteiger charge is -2.38. The fourth-order valence-corrected chi connectivity index (χ4v) is 5.82. The van der Waals surface area contributed by atoms with E-state index in [2.05, 4.69) is 22.4 Å². The fourth-order valence-electron chi connectivity index (χ4n) is 5.82. The average molecular weight is 526 g/mol. The van der Waals surface area contributed by atoms with Gasteiger partial charge in [-0.3, -0.25) is 14.0 Å². The summed E-state index contributed by atoms with van der Waals surface area (Å²) in [4.78, 5) is 30.1. The summed E-state index contributed by atoms with van der Waals surface area (Å²) in [5.74, 6) is -0.803. The van der Waals surface area contributed by atoms with Crippen LogP contribution in [-0.2, 0) is 23.1 Å². The second kappa shape index (κ2) is 11.7. The Kier molecular flexibility index (Phi) is 7.96. The number of carbonyl (C=O) groups is 2. The zero-order valence-electron chi connectivity index (χ0n) is 22.3. The number of fused-ring (bicyclic) bond motifs is 1. The van der Waals surface area contributed by atoms with Crippen molar-refractivity contribution in [2.45, 2.75) is 50.4 Å². The number of aliphatic carboxylic acids is 1. The van der Waals surface area contributed by atoms with Gasteiger partial charge in [-0.05, 0) is 54.7 Å². The van der Waals surface area contributed by atoms with E-state index in [1.165, 1.54) is 12.0 Å². The Morgan fingerprint density at radius 2 is 1.72 bits per heavy atom. The number of aromatic nitrogens is 2. The van der Waals surface area contributed by atoms with Crippen molar-refractivity contribution in [3.05, 3.63) is 102 Å². The third kappa shape index (κ3) is 5.98. The maximum absolute atomic E-state index is 13.5. The predicted molar refractivity (Wildman–Crippen MR) is 150 cm³/mol. The summed E-state index contributed by atoms with van der Waals surface area (Å²) in [6.07, 6.45) is 8.04. The molecule has 0 radical (unpaired) electrons. The number of imidazole rings is 1. The summed E-state index contributed by atoms with van der Waals surface area (Å²) in [5.41, 5.74) is 3.86. The summed E-state index contributed by atoms with van der Waals surface area (Å²) < 4.78 is 7.11. The zero-order chi connectivity index (χ0) is 27.2. The number of hydrogen-bond donors (Lipinski definition) is 2. The molecular weight excluding hydrogens is 490 g/mol. The van der Waals surface area contributed by atoms with E-state index in [9.17, 15) is 14.7 Å². The normalized spacial score (nSPS) is 15.5. The molecule has 0 spiro atoms. The Morgan fingerprint density at radius 3 is 2.41 bits per heavy atom. The molecule has 1 atom stereocenters. The lowest BCUT2D eigenvalue weighted by molar-refractivity contribution is -0.141. The number of carboxylic acid groups (broad SMARTS) is 1. The first kappa shape index (κ1) is 26.5. The van der Waals surface area contributed by atoms with Gasteiger partial charge in [0.1, 0.15) is 17.1 Å². The number of amides is 1. The van der Waals surface area contributed by atoms with Gasteiger partial charge >= 0.3 is 5.97 Å². The maximum atomic E-state index is 13.5. The number of benzene rings is 2. The minimum absolute atomic E-state index is 0.111. The number of hydrogen-bond acceptors (Lipinski definition) is 4. The molecule has 2 heterocycles. The van der Waals surface area contributed by atoms with E-state index in [1.807, 2.05) is 54.6 Å². The molecule has 0 saturated heterocycles. The Bertz CT molecular complexity index is 1420. The van der Waals surface area contributed by atoms with Crippen LogP contribution in [0.15, 0.2) is 79.0 Å². The van der Waals surface area contributed by atoms with Crippen molar-refractivity contribution in [2.75, 3.05) is 13.7 Å². The van der Waals surface area contributed by atoms with E-state index in [0.29, 0.717) is 30.0 Å². The van der Waals surface area contributed by atoms with Gasteiger partial charge in [-0.2, -0.15) is 0 Å². The molecule has 7 heteroatoms. The smallest absolute Gasteiger partial charge is 0.307 e. The molecule has 2 N–H and O–H groups in total. The van der Waals surface area contributed by atoms with Crippen LogP contribution >= 0.6 is 0 Å². The van der Waals surface area contributed by atoms with Crippen molar-refractivity contribution < 1.29 is 19.4 Å². The molecule has 1 saturated carbocycles. The Morgan fingerprint density at radius 1 is 0.974 bits per heavy atom. The van der Waals surface area contributed by atoms with Crippen LogP contribution in [0.3, 0.4) is 0 Å². The largest absolute Gasteiger partial charge is 0.497 e. The van der Waals surface area contributed by atoms with E-state index in [4.69, 9.17) is 4.74 Å². The second-order valence-electron chi connectivity index (χ2n) is 10.6. The van der Waals surface area contributed by atoms with Crippen molar-refractivity contribution in [3.63, 3.8) is 0 Å². The van der Waals surface area contributed by atoms with Crippen molar-refractivity contribution in [1.82, 2.24) is 14.7 Å². The number of pyridine rings is 1. The highest BCUT2D eigenvalue weighted by molar-refractivity contribution is 5.93. The highest BCUT2D eigenvalue weighted by atomic mass is 16.5. The average Bonchev–Trinajstić information content (AvgIpc) is 3.39. The van der Waals surface area contributed by atoms with Crippen LogP contribution in [0.25, 0.3) is 5.65 Å². The number of carbonyl (C=O) groups excluding carboxylic acids is 1. The number of methoxy groups -OCH3 is 1. The first-order chi connectivity index (χ1) is 19.0. The molecule has 1 aliphatic rings. The van der Waals surface area contributed by atoms with Crippen LogP contribution in [0.4, 0.5) is 0 Å². The van der Waals surface area contributed by atoms with Gasteiger partial charge in [0, 0.05) is 24.6 Å². The third-order valence-corrected chi connectivity index (χ3v) is 8.00. The highest BCUT2D eigenvalue weighted by Crippen LogP contribution is 2.39. The van der Waals surface area contributed by atoms with Crippen molar-refractivity contribution in [3.8, 4) is 5.75 Å². The van der Waals surface area contributed by atoms with Gasteiger partial charge < -0.3 is 15.2 Å². The van der Waals surface area contributed by atoms with Crippen molar-refractivity contribution in [2.24, 2.45) is 5.92 Å². The highest BCUT2D eigenvalue weighted by Gasteiger charge is 2.34. The fraction of sp³-hybridized carbons (Fsp3) is 0.344. The van der Waals surface area contributed by atoms with Crippen LogP contribution in [0.1, 0.15) is 59.4 Å². The van der Waals surface area contributed by atoms with E-state index in [1.54, 1.807) is 23.8 Å². The maximum Gasteiger partial charge on any atom is 0.307 e. The lowest BCUT2D eigenvalue weighted by Crippen LogP contribution is -2.42. The van der Waals surface area contributed by atoms with Gasteiger partial charge in [0.15, 0.2) is 0 Å². The van der Waals surface area contributed by atoms with E-state index < -0.39 is 11.9 Å². The van der Waals surface area contributed by atoms with Crippen LogP contribution in [-0.4, -0.2) is 40.0 Å². The molecule has 0 aliphatic heterocycles. The molecule has 202 valence electrons. The zero-order valence-corrected chi connectivity index (χ0v) is 22.3. The summed E-state index contributed by atoms with van der Waals surface area (Å²) in [5, 5.41) is 13.1. The number of carboxylic acids is 1. The molecule has 39 heavy (non-hydrogen) atoms. The molecule has 7 nitrogen and oxygen atoms in total. The van der Waals surface area contributed by atoms with Gasteiger partial charge in [0.05, 0.1) is 18.7 Å². The topological polar surface area (TPSA) is 92.9 Å². The predicted octanol–water partition coefficient (Wildman–Crippen LogP) is 5.46. The summed E-state index contributed by atoms with van der Waals surface area (Å²) in [7, 11) is 1.67. The standard InChI is InChI=1S/C32H35N3O4/c1-39-27-15-13-25(14-16-27)32(17-6-3-7-18-32)22-33-30(36)28-11-8-12-29-34-26(21-35(28)29)20-24(31(37)38)19-23-9-4-2-5-10-23/h2,4-5,8-16,21,24H,3,6-7,17-20,22H2,1H3,(H,33,36)(H,37,38). The van der Waals surface area contributed by atoms with E-state index in [0.717, 1.165) is 37.0 Å². The summed E-state index contributed by atoms with van der Waals surface area (Å²) >= 11 is 0. The molecule has 5 rings (SSSR count). The van der Waals surface area contributed by atoms with Crippen molar-refractivity contribution >= 4 is 17.5 Å².